The van der Waals surface area contributed by atoms with Gasteiger partial charge < -0.3 is 9.47 Å². The number of rotatable bonds is 3. The number of carbonyl (C=O) groups is 2. The molecule has 0 aromatic heterocycles. The van der Waals surface area contributed by atoms with Crippen molar-refractivity contribution in [2.45, 2.75) is 40.0 Å². The number of ether oxygens (including phenoxy) is 2. The van der Waals surface area contributed by atoms with Gasteiger partial charge in [0.15, 0.2) is 0 Å². The summed E-state index contributed by atoms with van der Waals surface area (Å²) in [6, 6.07) is 5.61. The number of hydrogen-bond acceptors (Lipinski definition) is 4. The summed E-state index contributed by atoms with van der Waals surface area (Å²) >= 11 is 3.48. The van der Waals surface area contributed by atoms with E-state index in [4.69, 9.17) is 9.47 Å². The summed E-state index contributed by atoms with van der Waals surface area (Å²) in [5, 5.41) is 0. The lowest BCUT2D eigenvalue weighted by Crippen LogP contribution is -2.31. The highest BCUT2D eigenvalue weighted by atomic mass is 79.9. The van der Waals surface area contributed by atoms with Gasteiger partial charge in [-0.05, 0) is 73.7 Å². The number of hydrogen-bond donors (Lipinski definition) is 0. The fourth-order valence-corrected chi connectivity index (χ4v) is 4.12. The third kappa shape index (κ3) is 3.39. The molecule has 1 heterocycles. The van der Waals surface area contributed by atoms with Gasteiger partial charge in [-0.15, -0.1) is 0 Å². The lowest BCUT2D eigenvalue weighted by Gasteiger charge is -2.24. The minimum absolute atomic E-state index is 0.115. The van der Waals surface area contributed by atoms with Crippen LogP contribution in [0.15, 0.2) is 34.8 Å². The average molecular weight is 407 g/mol. The van der Waals surface area contributed by atoms with Crippen LogP contribution in [0, 0.1) is 16.7 Å². The molecule has 4 nitrogen and oxygen atoms in total. The zero-order chi connectivity index (χ0) is 18.4. The molecule has 1 aliphatic carbocycles. The molecule has 2 unspecified atom stereocenters. The van der Waals surface area contributed by atoms with Gasteiger partial charge in [-0.25, -0.2) is 0 Å². The Hall–Kier alpha value is -1.62. The van der Waals surface area contributed by atoms with Crippen LogP contribution in [0.3, 0.4) is 0 Å². The lowest BCUT2D eigenvalue weighted by molar-refractivity contribution is -0.146. The summed E-state index contributed by atoms with van der Waals surface area (Å²) in [5.74, 6) is 0.300. The fourth-order valence-electron chi connectivity index (χ4n) is 3.62. The number of allylic oxidation sites excluding steroid dienone is 1. The maximum absolute atomic E-state index is 12.4. The zero-order valence-corrected chi connectivity index (χ0v) is 16.4. The molecule has 0 spiro atoms. The molecule has 3 rings (SSSR count). The van der Waals surface area contributed by atoms with Crippen molar-refractivity contribution in [3.63, 3.8) is 0 Å². The molecule has 1 aromatic carbocycles. The van der Waals surface area contributed by atoms with Gasteiger partial charge >= 0.3 is 11.9 Å². The van der Waals surface area contributed by atoms with Crippen LogP contribution in [-0.4, -0.2) is 18.5 Å². The van der Waals surface area contributed by atoms with E-state index in [9.17, 15) is 9.59 Å². The van der Waals surface area contributed by atoms with Crippen molar-refractivity contribution >= 4 is 27.9 Å². The highest BCUT2D eigenvalue weighted by molar-refractivity contribution is 9.10. The molecule has 0 radical (unpaired) electrons. The normalized spacial score (nSPS) is 25.7. The number of carbonyl (C=O) groups excluding carboxylic acids is 2. The molecule has 25 heavy (non-hydrogen) atoms. The van der Waals surface area contributed by atoms with Crippen LogP contribution < -0.4 is 4.74 Å². The van der Waals surface area contributed by atoms with Crippen LogP contribution in [0.4, 0.5) is 0 Å². The van der Waals surface area contributed by atoms with Crippen LogP contribution in [0.25, 0.3) is 0 Å². The van der Waals surface area contributed by atoms with Gasteiger partial charge in [-0.1, -0.05) is 18.2 Å². The van der Waals surface area contributed by atoms with E-state index in [1.165, 1.54) is 0 Å². The van der Waals surface area contributed by atoms with E-state index in [1.54, 1.807) is 6.07 Å². The molecule has 2 fully saturated rings. The summed E-state index contributed by atoms with van der Waals surface area (Å²) in [6.07, 6.45) is 2.16. The van der Waals surface area contributed by atoms with Crippen molar-refractivity contribution in [3.05, 3.63) is 40.4 Å². The van der Waals surface area contributed by atoms with Crippen LogP contribution in [0.2, 0.25) is 0 Å². The Morgan fingerprint density at radius 1 is 1.44 bits per heavy atom. The van der Waals surface area contributed by atoms with Crippen LogP contribution in [0.5, 0.6) is 5.75 Å². The standard InChI is InChI=1S/C20H23BrO4/c1-12-7-14-11-24-18(23)20(14,9-12)10-13-5-6-16(15(21)8-13)25-17(22)19(2,3)4/h5-6,8,14H,1,7,9-11H2,2-4H3. The molecule has 0 N–H and O–H groups in total. The van der Waals surface area contributed by atoms with Crippen molar-refractivity contribution in [2.75, 3.05) is 6.61 Å². The van der Waals surface area contributed by atoms with Crippen molar-refractivity contribution < 1.29 is 19.1 Å². The highest BCUT2D eigenvalue weighted by Crippen LogP contribution is 2.52. The maximum atomic E-state index is 12.4. The SMILES string of the molecule is C=C1CC2COC(=O)C2(Cc2ccc(OC(=O)C(C)(C)C)c(Br)c2)C1. The smallest absolute Gasteiger partial charge is 0.316 e. The lowest BCUT2D eigenvalue weighted by atomic mass is 9.75. The second-order valence-electron chi connectivity index (χ2n) is 8.16. The monoisotopic (exact) mass is 406 g/mol. The predicted molar refractivity (Wildman–Crippen MR) is 98.2 cm³/mol. The third-order valence-electron chi connectivity index (χ3n) is 5.04. The largest absolute Gasteiger partial charge is 0.465 e. The van der Waals surface area contributed by atoms with Crippen molar-refractivity contribution in [1.29, 1.82) is 0 Å². The predicted octanol–water partition coefficient (Wildman–Crippen LogP) is 4.45. The Morgan fingerprint density at radius 3 is 2.80 bits per heavy atom. The Labute approximate surface area is 156 Å². The molecular weight excluding hydrogens is 384 g/mol. The first kappa shape index (κ1) is 18.2. The van der Waals surface area contributed by atoms with Crippen LogP contribution in [0.1, 0.15) is 39.2 Å². The number of halogens is 1. The topological polar surface area (TPSA) is 52.6 Å². The first-order valence-electron chi connectivity index (χ1n) is 8.46. The van der Waals surface area contributed by atoms with E-state index in [2.05, 4.69) is 22.5 Å². The maximum Gasteiger partial charge on any atom is 0.316 e. The summed E-state index contributed by atoms with van der Waals surface area (Å²) in [6.45, 7) is 10.0. The highest BCUT2D eigenvalue weighted by Gasteiger charge is 2.55. The van der Waals surface area contributed by atoms with E-state index < -0.39 is 10.8 Å². The molecule has 1 saturated carbocycles. The summed E-state index contributed by atoms with van der Waals surface area (Å²) in [5.41, 5.74) is 1.08. The fraction of sp³-hybridized carbons (Fsp3) is 0.500. The van der Waals surface area contributed by atoms with Gasteiger partial charge in [0.1, 0.15) is 5.75 Å². The first-order valence-corrected chi connectivity index (χ1v) is 9.26. The van der Waals surface area contributed by atoms with Gasteiger partial charge in [0, 0.05) is 5.92 Å². The zero-order valence-electron chi connectivity index (χ0n) is 14.9. The Balaban J connectivity index is 1.81. The average Bonchev–Trinajstić information content (AvgIpc) is 2.96. The van der Waals surface area contributed by atoms with Crippen molar-refractivity contribution in [2.24, 2.45) is 16.7 Å². The third-order valence-corrected chi connectivity index (χ3v) is 5.65. The van der Waals surface area contributed by atoms with E-state index in [0.29, 0.717) is 29.7 Å². The molecule has 1 aromatic rings. The Kier molecular flexibility index (Phi) is 4.56. The summed E-state index contributed by atoms with van der Waals surface area (Å²) in [7, 11) is 0. The van der Waals surface area contributed by atoms with Crippen molar-refractivity contribution in [1.82, 2.24) is 0 Å². The number of fused-ring (bicyclic) bond motifs is 1. The molecule has 0 bridgehead atoms. The van der Waals surface area contributed by atoms with E-state index in [-0.39, 0.29) is 17.9 Å². The molecule has 0 amide bonds. The summed E-state index contributed by atoms with van der Waals surface area (Å²) < 4.78 is 11.5. The molecule has 5 heteroatoms. The number of esters is 2. The van der Waals surface area contributed by atoms with Gasteiger partial charge in [0.25, 0.3) is 0 Å². The molecule has 2 atom stereocenters. The minimum Gasteiger partial charge on any atom is -0.465 e. The molecule has 1 saturated heterocycles. The second kappa shape index (κ2) is 6.27. The number of benzene rings is 1. The summed E-state index contributed by atoms with van der Waals surface area (Å²) in [4.78, 5) is 24.5. The van der Waals surface area contributed by atoms with Gasteiger partial charge in [-0.2, -0.15) is 0 Å². The van der Waals surface area contributed by atoms with E-state index in [0.717, 1.165) is 17.6 Å². The van der Waals surface area contributed by atoms with Gasteiger partial charge in [0.05, 0.1) is 21.9 Å². The minimum atomic E-state index is -0.567. The van der Waals surface area contributed by atoms with Crippen molar-refractivity contribution in [3.8, 4) is 5.75 Å². The van der Waals surface area contributed by atoms with E-state index >= 15 is 0 Å². The van der Waals surface area contributed by atoms with Crippen LogP contribution >= 0.6 is 15.9 Å². The molecular formula is C20H23BrO4. The van der Waals surface area contributed by atoms with Gasteiger partial charge in [-0.3, -0.25) is 9.59 Å². The molecule has 2 aliphatic rings. The Bertz CT molecular complexity index is 747. The second-order valence-corrected chi connectivity index (χ2v) is 9.02. The van der Waals surface area contributed by atoms with Crippen LogP contribution in [-0.2, 0) is 20.7 Å². The quantitative estimate of drug-likeness (QED) is 0.422. The number of cyclic esters (lactones) is 1. The van der Waals surface area contributed by atoms with E-state index in [1.807, 2.05) is 32.9 Å². The Morgan fingerprint density at radius 2 is 2.16 bits per heavy atom. The first-order chi connectivity index (χ1) is 11.6. The van der Waals surface area contributed by atoms with Gasteiger partial charge in [0.2, 0.25) is 0 Å². The molecule has 134 valence electrons. The molecule has 1 aliphatic heterocycles.